The average Bonchev–Trinajstić information content (AvgIpc) is 3.21. The van der Waals surface area contributed by atoms with Crippen molar-refractivity contribution < 1.29 is 37.0 Å². The predicted molar refractivity (Wildman–Crippen MR) is 91.3 cm³/mol. The SMILES string of the molecule is CCOC(=O)c1csc(NC(=O)c2scnc2C(F)(F)F)c1C(=O)OCC. The monoisotopic (exact) mass is 422 g/mol. The van der Waals surface area contributed by atoms with Gasteiger partial charge in [0.2, 0.25) is 0 Å². The maximum Gasteiger partial charge on any atom is 0.434 e. The number of halogens is 3. The molecule has 0 aromatic carbocycles. The zero-order valence-corrected chi connectivity index (χ0v) is 15.6. The minimum atomic E-state index is -4.80. The summed E-state index contributed by atoms with van der Waals surface area (Å²) in [7, 11) is 0. The molecule has 27 heavy (non-hydrogen) atoms. The Morgan fingerprint density at radius 1 is 1.11 bits per heavy atom. The molecular weight excluding hydrogens is 409 g/mol. The Hall–Kier alpha value is -2.47. The Kier molecular flexibility index (Phi) is 6.54. The number of alkyl halides is 3. The Labute approximate surface area is 159 Å². The molecule has 0 bridgehead atoms. The highest BCUT2D eigenvalue weighted by atomic mass is 32.1. The van der Waals surface area contributed by atoms with E-state index in [-0.39, 0.29) is 29.3 Å². The summed E-state index contributed by atoms with van der Waals surface area (Å²) >= 11 is 1.30. The second-order valence-electron chi connectivity index (χ2n) is 4.78. The molecule has 2 aromatic rings. The summed E-state index contributed by atoms with van der Waals surface area (Å²) in [5.41, 5.74) is -0.852. The number of nitrogens with one attached hydrogen (secondary N) is 1. The first-order valence-corrected chi connectivity index (χ1v) is 9.24. The van der Waals surface area contributed by atoms with Crippen LogP contribution in [0.25, 0.3) is 0 Å². The number of amides is 1. The number of anilines is 1. The lowest BCUT2D eigenvalue weighted by molar-refractivity contribution is -0.141. The van der Waals surface area contributed by atoms with Gasteiger partial charge in [-0.05, 0) is 13.8 Å². The van der Waals surface area contributed by atoms with E-state index in [1.807, 2.05) is 0 Å². The van der Waals surface area contributed by atoms with Gasteiger partial charge in [-0.25, -0.2) is 14.6 Å². The van der Waals surface area contributed by atoms with Crippen LogP contribution in [0, 0.1) is 0 Å². The Bertz CT molecular complexity index is 860. The van der Waals surface area contributed by atoms with E-state index in [2.05, 4.69) is 10.3 Å². The zero-order chi connectivity index (χ0) is 20.2. The topological polar surface area (TPSA) is 94.6 Å². The van der Waals surface area contributed by atoms with Crippen LogP contribution in [-0.2, 0) is 15.7 Å². The second-order valence-corrected chi connectivity index (χ2v) is 6.51. The Morgan fingerprint density at radius 3 is 2.33 bits per heavy atom. The van der Waals surface area contributed by atoms with Gasteiger partial charge >= 0.3 is 18.1 Å². The van der Waals surface area contributed by atoms with Gasteiger partial charge < -0.3 is 14.8 Å². The molecule has 0 radical (unpaired) electrons. The molecule has 0 aliphatic rings. The minimum absolute atomic E-state index is 0.00258. The molecule has 0 saturated heterocycles. The number of ether oxygens (including phenoxy) is 2. The maximum atomic E-state index is 12.9. The summed E-state index contributed by atoms with van der Waals surface area (Å²) in [5.74, 6) is -2.82. The fourth-order valence-electron chi connectivity index (χ4n) is 1.98. The van der Waals surface area contributed by atoms with Gasteiger partial charge in [0.05, 0.1) is 24.3 Å². The summed E-state index contributed by atoms with van der Waals surface area (Å²) in [5, 5.41) is 3.36. The van der Waals surface area contributed by atoms with Crippen LogP contribution in [-0.4, -0.2) is 36.0 Å². The first-order chi connectivity index (χ1) is 12.7. The highest BCUT2D eigenvalue weighted by Crippen LogP contribution is 2.35. The van der Waals surface area contributed by atoms with E-state index in [4.69, 9.17) is 9.47 Å². The molecule has 2 heterocycles. The molecule has 0 aliphatic carbocycles. The van der Waals surface area contributed by atoms with Gasteiger partial charge in [0.25, 0.3) is 5.91 Å². The van der Waals surface area contributed by atoms with Crippen LogP contribution < -0.4 is 5.32 Å². The minimum Gasteiger partial charge on any atom is -0.462 e. The van der Waals surface area contributed by atoms with E-state index in [0.29, 0.717) is 11.3 Å². The smallest absolute Gasteiger partial charge is 0.434 e. The van der Waals surface area contributed by atoms with Crippen LogP contribution in [0.3, 0.4) is 0 Å². The molecule has 0 aliphatic heterocycles. The lowest BCUT2D eigenvalue weighted by atomic mass is 10.2. The third-order valence-corrected chi connectivity index (χ3v) is 4.76. The van der Waals surface area contributed by atoms with Crippen LogP contribution >= 0.6 is 22.7 Å². The van der Waals surface area contributed by atoms with Crippen molar-refractivity contribution in [2.24, 2.45) is 0 Å². The maximum absolute atomic E-state index is 12.9. The second kappa shape index (κ2) is 8.48. The van der Waals surface area contributed by atoms with Crippen molar-refractivity contribution in [2.45, 2.75) is 20.0 Å². The van der Waals surface area contributed by atoms with Gasteiger partial charge in [0.1, 0.15) is 15.4 Å². The summed E-state index contributed by atoms with van der Waals surface area (Å²) in [6.45, 7) is 3.16. The molecule has 7 nitrogen and oxygen atoms in total. The molecule has 1 amide bonds. The standard InChI is InChI=1S/C15H13F3N2O5S2/c1-3-24-13(22)7-5-26-12(8(7)14(23)25-4-2)20-11(21)9-10(15(16,17)18)19-6-27-9/h5-6H,3-4H2,1-2H3,(H,20,21). The molecule has 12 heteroatoms. The molecule has 2 aromatic heterocycles. The van der Waals surface area contributed by atoms with Crippen molar-refractivity contribution in [1.82, 2.24) is 4.98 Å². The number of carbonyl (C=O) groups is 3. The third-order valence-electron chi connectivity index (χ3n) is 3.04. The number of nitrogens with zero attached hydrogens (tertiary/aromatic N) is 1. The fraction of sp³-hybridized carbons (Fsp3) is 0.333. The molecule has 0 spiro atoms. The molecule has 0 atom stereocenters. The molecule has 0 fully saturated rings. The molecular formula is C15H13F3N2O5S2. The summed E-state index contributed by atoms with van der Waals surface area (Å²) in [4.78, 5) is 39.0. The van der Waals surface area contributed by atoms with Gasteiger partial charge in [-0.15, -0.1) is 22.7 Å². The van der Waals surface area contributed by atoms with E-state index in [1.54, 1.807) is 13.8 Å². The molecule has 2 rings (SSSR count). The quantitative estimate of drug-likeness (QED) is 0.711. The summed E-state index contributed by atoms with van der Waals surface area (Å²) < 4.78 is 48.5. The summed E-state index contributed by atoms with van der Waals surface area (Å²) in [6.07, 6.45) is -4.80. The number of thiophene rings is 1. The number of aromatic nitrogens is 1. The van der Waals surface area contributed by atoms with Crippen LogP contribution in [0.1, 0.15) is 49.9 Å². The van der Waals surface area contributed by atoms with Crippen LogP contribution in [0.2, 0.25) is 0 Å². The molecule has 0 saturated carbocycles. The predicted octanol–water partition coefficient (Wildman–Crippen LogP) is 3.83. The highest BCUT2D eigenvalue weighted by molar-refractivity contribution is 7.15. The first-order valence-electron chi connectivity index (χ1n) is 7.48. The van der Waals surface area contributed by atoms with E-state index in [9.17, 15) is 27.6 Å². The number of thiazole rings is 1. The van der Waals surface area contributed by atoms with Gasteiger partial charge in [-0.3, -0.25) is 4.79 Å². The fourth-order valence-corrected chi connectivity index (χ4v) is 3.60. The van der Waals surface area contributed by atoms with Gasteiger partial charge in [0, 0.05) is 5.38 Å². The average molecular weight is 422 g/mol. The van der Waals surface area contributed by atoms with Crippen molar-refractivity contribution in [3.05, 3.63) is 32.6 Å². The molecule has 0 unspecified atom stereocenters. The number of rotatable bonds is 6. The lowest BCUT2D eigenvalue weighted by Crippen LogP contribution is -2.19. The van der Waals surface area contributed by atoms with Gasteiger partial charge in [-0.2, -0.15) is 13.2 Å². The Balaban J connectivity index is 2.39. The zero-order valence-electron chi connectivity index (χ0n) is 14.0. The number of hydrogen-bond donors (Lipinski definition) is 1. The summed E-state index contributed by atoms with van der Waals surface area (Å²) in [6, 6.07) is 0. The number of hydrogen-bond acceptors (Lipinski definition) is 8. The van der Waals surface area contributed by atoms with E-state index in [0.717, 1.165) is 16.8 Å². The van der Waals surface area contributed by atoms with Crippen LogP contribution in [0.15, 0.2) is 10.9 Å². The highest BCUT2D eigenvalue weighted by Gasteiger charge is 2.39. The lowest BCUT2D eigenvalue weighted by Gasteiger charge is -2.09. The van der Waals surface area contributed by atoms with Crippen LogP contribution in [0.5, 0.6) is 0 Å². The van der Waals surface area contributed by atoms with Crippen molar-refractivity contribution in [3.63, 3.8) is 0 Å². The number of esters is 2. The molecule has 146 valence electrons. The van der Waals surface area contributed by atoms with Crippen molar-refractivity contribution in [1.29, 1.82) is 0 Å². The van der Waals surface area contributed by atoms with Gasteiger partial charge in [-0.1, -0.05) is 0 Å². The van der Waals surface area contributed by atoms with Crippen molar-refractivity contribution in [2.75, 3.05) is 18.5 Å². The van der Waals surface area contributed by atoms with Crippen LogP contribution in [0.4, 0.5) is 18.2 Å². The largest absolute Gasteiger partial charge is 0.462 e. The normalized spacial score (nSPS) is 11.1. The number of carbonyl (C=O) groups excluding carboxylic acids is 3. The van der Waals surface area contributed by atoms with Crippen molar-refractivity contribution in [3.8, 4) is 0 Å². The molecule has 1 N–H and O–H groups in total. The van der Waals surface area contributed by atoms with E-state index >= 15 is 0 Å². The Morgan fingerprint density at radius 2 is 1.74 bits per heavy atom. The van der Waals surface area contributed by atoms with Crippen molar-refractivity contribution >= 4 is 45.5 Å². The van der Waals surface area contributed by atoms with E-state index in [1.165, 1.54) is 5.38 Å². The third kappa shape index (κ3) is 4.63. The van der Waals surface area contributed by atoms with E-state index < -0.39 is 34.6 Å². The van der Waals surface area contributed by atoms with Gasteiger partial charge in [0.15, 0.2) is 5.69 Å². The first kappa shape index (κ1) is 20.8.